The molecule has 1 aliphatic heterocycles. The van der Waals surface area contributed by atoms with Gasteiger partial charge in [-0.25, -0.2) is 0 Å². The van der Waals surface area contributed by atoms with Crippen LogP contribution in [0.2, 0.25) is 0 Å². The van der Waals surface area contributed by atoms with Gasteiger partial charge in [0.25, 0.3) is 5.97 Å². The quantitative estimate of drug-likeness (QED) is 0.593. The third kappa shape index (κ3) is 4.77. The van der Waals surface area contributed by atoms with Crippen LogP contribution in [-0.4, -0.2) is 33.4 Å². The molecule has 0 amide bonds. The van der Waals surface area contributed by atoms with E-state index in [2.05, 4.69) is 4.74 Å². The van der Waals surface area contributed by atoms with E-state index in [0.29, 0.717) is 13.0 Å². The first-order chi connectivity index (χ1) is 5.36. The molecule has 1 saturated heterocycles. The summed E-state index contributed by atoms with van der Waals surface area (Å²) in [6, 6.07) is 0. The van der Waals surface area contributed by atoms with Gasteiger partial charge in [0.15, 0.2) is 10.6 Å². The molecule has 1 fully saturated rings. The Kier molecular flexibility index (Phi) is 4.85. The van der Waals surface area contributed by atoms with Gasteiger partial charge in [0.2, 0.25) is 0 Å². The van der Waals surface area contributed by atoms with E-state index < -0.39 is 16.6 Å². The largest absolute Gasteiger partial charge is 0.481 e. The molecule has 12 heavy (non-hydrogen) atoms. The summed E-state index contributed by atoms with van der Waals surface area (Å²) in [5.41, 5.74) is 0. The molecule has 1 rings (SSSR count). The first-order valence-corrected chi connectivity index (χ1v) is 3.99. The molecule has 0 aliphatic carbocycles. The van der Waals surface area contributed by atoms with Crippen LogP contribution >= 0.6 is 23.2 Å². The van der Waals surface area contributed by atoms with Gasteiger partial charge >= 0.3 is 0 Å². The van der Waals surface area contributed by atoms with Crippen molar-refractivity contribution in [2.75, 3.05) is 6.61 Å². The minimum absolute atomic E-state index is 0.439. The van der Waals surface area contributed by atoms with Crippen LogP contribution in [0.1, 0.15) is 13.3 Å². The molecule has 1 heterocycles. The fourth-order valence-electron chi connectivity index (χ4n) is 0.552. The summed E-state index contributed by atoms with van der Waals surface area (Å²) < 4.78 is 3.59. The molecule has 1 aliphatic rings. The molecule has 0 bridgehead atoms. The van der Waals surface area contributed by atoms with E-state index >= 15 is 0 Å². The number of aliphatic carboxylic acids is 1. The number of aliphatic hydroxyl groups is 1. The highest BCUT2D eigenvalue weighted by Gasteiger charge is 2.39. The molecule has 6 heteroatoms. The lowest BCUT2D eigenvalue weighted by Gasteiger charge is -2.13. The second-order valence-corrected chi connectivity index (χ2v) is 3.80. The molecule has 0 aromatic rings. The molecule has 0 aromatic carbocycles. The van der Waals surface area contributed by atoms with E-state index in [-0.39, 0.29) is 0 Å². The van der Waals surface area contributed by atoms with Gasteiger partial charge < -0.3 is 14.9 Å². The molecule has 0 aromatic heterocycles. The zero-order valence-electron chi connectivity index (χ0n) is 6.46. The summed E-state index contributed by atoms with van der Waals surface area (Å²) in [7, 11) is 0. The molecule has 0 radical (unpaired) electrons. The first-order valence-electron chi connectivity index (χ1n) is 3.23. The molecule has 0 saturated carbocycles. The highest BCUT2D eigenvalue weighted by atomic mass is 35.5. The number of hydrogen-bond acceptors (Lipinski definition) is 3. The molecule has 1 unspecified atom stereocenters. The van der Waals surface area contributed by atoms with E-state index in [1.54, 1.807) is 0 Å². The summed E-state index contributed by atoms with van der Waals surface area (Å²) in [4.78, 5) is 9.00. The van der Waals surface area contributed by atoms with E-state index in [1.807, 2.05) is 0 Å². The Hall–Kier alpha value is -0.0300. The topological polar surface area (TPSA) is 66.8 Å². The Morgan fingerprint density at radius 2 is 2.08 bits per heavy atom. The van der Waals surface area contributed by atoms with Crippen LogP contribution in [0, 0.1) is 0 Å². The number of halogens is 2. The van der Waals surface area contributed by atoms with Gasteiger partial charge in [-0.2, -0.15) is 0 Å². The number of hydrogen-bond donors (Lipinski definition) is 2. The fourth-order valence-corrected chi connectivity index (χ4v) is 0.832. The summed E-state index contributed by atoms with van der Waals surface area (Å²) >= 11 is 11.0. The average Bonchev–Trinajstić information content (AvgIpc) is 2.10. The number of aliphatic hydroxyl groups excluding tert-OH is 1. The highest BCUT2D eigenvalue weighted by molar-refractivity contribution is 6.48. The first kappa shape index (κ1) is 12.0. The van der Waals surface area contributed by atoms with Gasteiger partial charge in [-0.05, 0) is 0 Å². The second kappa shape index (κ2) is 4.87. The number of alkyl halides is 2. The van der Waals surface area contributed by atoms with Crippen molar-refractivity contribution in [2.24, 2.45) is 0 Å². The smallest absolute Gasteiger partial charge is 0.300 e. The van der Waals surface area contributed by atoms with Crippen LogP contribution in [0.4, 0.5) is 0 Å². The van der Waals surface area contributed by atoms with Crippen molar-refractivity contribution in [3.8, 4) is 0 Å². The summed E-state index contributed by atoms with van der Waals surface area (Å²) in [6.45, 7) is 1.52. The number of carboxylic acids is 1. The lowest BCUT2D eigenvalue weighted by atomic mass is 10.3. The van der Waals surface area contributed by atoms with E-state index in [1.165, 1.54) is 0 Å². The standard InChI is InChI=1S/C4H6Cl2O2.C2H4O2/c5-4(6)1-2-8-3(4)7;1-2(3)4/h3,7H,1-2H2;1H3,(H,3,4). The van der Waals surface area contributed by atoms with E-state index in [9.17, 15) is 0 Å². The van der Waals surface area contributed by atoms with Gasteiger partial charge in [-0.3, -0.25) is 4.79 Å². The van der Waals surface area contributed by atoms with Crippen LogP contribution in [0.5, 0.6) is 0 Å². The van der Waals surface area contributed by atoms with Gasteiger partial charge in [-0.1, -0.05) is 23.2 Å². The van der Waals surface area contributed by atoms with Crippen LogP contribution in [0.15, 0.2) is 0 Å². The minimum Gasteiger partial charge on any atom is -0.481 e. The number of ether oxygens (including phenoxy) is 1. The molecule has 72 valence electrons. The Balaban J connectivity index is 0.000000261. The van der Waals surface area contributed by atoms with Gasteiger partial charge in [0.05, 0.1) is 6.61 Å². The number of carbonyl (C=O) groups is 1. The predicted molar refractivity (Wildman–Crippen MR) is 44.3 cm³/mol. The Bertz CT molecular complexity index is 156. The summed E-state index contributed by atoms with van der Waals surface area (Å²) in [5.74, 6) is -0.833. The molecule has 2 N–H and O–H groups in total. The SMILES string of the molecule is CC(=O)O.OC1OCCC1(Cl)Cl. The van der Waals surface area contributed by atoms with Gasteiger partial charge in [0, 0.05) is 13.3 Å². The van der Waals surface area contributed by atoms with Crippen molar-refractivity contribution in [2.45, 2.75) is 24.0 Å². The maximum atomic E-state index is 9.00. The summed E-state index contributed by atoms with van der Waals surface area (Å²) in [6.07, 6.45) is -0.511. The van der Waals surface area contributed by atoms with Crippen molar-refractivity contribution >= 4 is 29.2 Å². The van der Waals surface area contributed by atoms with Crippen molar-refractivity contribution in [1.29, 1.82) is 0 Å². The molecular weight excluding hydrogens is 207 g/mol. The van der Waals surface area contributed by atoms with Crippen LogP contribution in [0.25, 0.3) is 0 Å². The van der Waals surface area contributed by atoms with Gasteiger partial charge in [0.1, 0.15) is 0 Å². The molecule has 0 spiro atoms. The predicted octanol–water partition coefficient (Wildman–Crippen LogP) is 0.990. The van der Waals surface area contributed by atoms with Crippen LogP contribution < -0.4 is 0 Å². The van der Waals surface area contributed by atoms with Crippen molar-refractivity contribution in [1.82, 2.24) is 0 Å². The monoisotopic (exact) mass is 216 g/mol. The third-order valence-electron chi connectivity index (χ3n) is 1.07. The van der Waals surface area contributed by atoms with Crippen molar-refractivity contribution < 1.29 is 19.7 Å². The van der Waals surface area contributed by atoms with Crippen molar-refractivity contribution in [3.63, 3.8) is 0 Å². The lowest BCUT2D eigenvalue weighted by Crippen LogP contribution is -2.24. The Morgan fingerprint density at radius 1 is 1.67 bits per heavy atom. The van der Waals surface area contributed by atoms with Crippen LogP contribution in [-0.2, 0) is 9.53 Å². The summed E-state index contributed by atoms with van der Waals surface area (Å²) in [5, 5.41) is 16.2. The maximum Gasteiger partial charge on any atom is 0.300 e. The van der Waals surface area contributed by atoms with Gasteiger partial charge in [-0.15, -0.1) is 0 Å². The normalized spacial score (nSPS) is 25.8. The van der Waals surface area contributed by atoms with E-state index in [0.717, 1.165) is 6.92 Å². The average molecular weight is 217 g/mol. The van der Waals surface area contributed by atoms with Crippen LogP contribution in [0.3, 0.4) is 0 Å². The number of rotatable bonds is 0. The Labute approximate surface area is 80.0 Å². The molecule has 1 atom stereocenters. The maximum absolute atomic E-state index is 9.00. The molecular formula is C6H10Cl2O4. The van der Waals surface area contributed by atoms with E-state index in [4.69, 9.17) is 38.2 Å². The highest BCUT2D eigenvalue weighted by Crippen LogP contribution is 2.34. The zero-order chi connectivity index (χ0) is 9.78. The number of carboxylic acid groups (broad SMARTS) is 1. The third-order valence-corrected chi connectivity index (χ3v) is 1.82. The second-order valence-electron chi connectivity index (χ2n) is 2.25. The molecule has 4 nitrogen and oxygen atoms in total. The Morgan fingerprint density at radius 3 is 2.17 bits per heavy atom. The zero-order valence-corrected chi connectivity index (χ0v) is 7.97. The minimum atomic E-state index is -1.07. The van der Waals surface area contributed by atoms with Crippen molar-refractivity contribution in [3.05, 3.63) is 0 Å². The lowest BCUT2D eigenvalue weighted by molar-refractivity contribution is -0.134. The fraction of sp³-hybridized carbons (Fsp3) is 0.833.